The molecule has 0 radical (unpaired) electrons. The minimum Gasteiger partial charge on any atom is -0.356 e. The molecular weight excluding hydrogens is 303 g/mol. The highest BCUT2D eigenvalue weighted by atomic mass is 19.1. The van der Waals surface area contributed by atoms with Crippen LogP contribution in [0, 0.1) is 11.7 Å². The Labute approximate surface area is 145 Å². The van der Waals surface area contributed by atoms with Crippen molar-refractivity contribution >= 4 is 5.96 Å². The molecule has 4 nitrogen and oxygen atoms in total. The van der Waals surface area contributed by atoms with Gasteiger partial charge in [-0.25, -0.2) is 4.39 Å². The van der Waals surface area contributed by atoms with Crippen LogP contribution in [-0.2, 0) is 6.54 Å². The van der Waals surface area contributed by atoms with E-state index in [1.165, 1.54) is 0 Å². The van der Waals surface area contributed by atoms with E-state index in [1.54, 1.807) is 19.2 Å². The smallest absolute Gasteiger partial charge is 0.191 e. The summed E-state index contributed by atoms with van der Waals surface area (Å²) in [4.78, 5) is 6.63. The van der Waals surface area contributed by atoms with Gasteiger partial charge < -0.3 is 10.6 Å². The van der Waals surface area contributed by atoms with Gasteiger partial charge in [-0.05, 0) is 58.7 Å². The third kappa shape index (κ3) is 6.11. The Hall–Kier alpha value is -1.62. The first-order chi connectivity index (χ1) is 11.4. The number of rotatable bonds is 4. The average molecular weight is 334 g/mol. The van der Waals surface area contributed by atoms with Crippen molar-refractivity contribution in [3.63, 3.8) is 0 Å². The van der Waals surface area contributed by atoms with Gasteiger partial charge in [0.25, 0.3) is 0 Å². The Morgan fingerprint density at radius 2 is 1.92 bits per heavy atom. The first-order valence-electron chi connectivity index (χ1n) is 8.82. The summed E-state index contributed by atoms with van der Waals surface area (Å²) in [6.07, 6.45) is 2.27. The van der Waals surface area contributed by atoms with Gasteiger partial charge in [0.2, 0.25) is 0 Å². The molecule has 0 aromatic heterocycles. The van der Waals surface area contributed by atoms with Crippen molar-refractivity contribution in [1.82, 2.24) is 15.5 Å². The molecule has 1 heterocycles. The van der Waals surface area contributed by atoms with Crippen LogP contribution in [0.25, 0.3) is 0 Å². The molecule has 1 aromatic rings. The Kier molecular flexibility index (Phi) is 6.60. The second-order valence-corrected chi connectivity index (χ2v) is 7.64. The minimum absolute atomic E-state index is 0.00492. The Bertz CT molecular complexity index is 543. The molecule has 5 heteroatoms. The number of halogens is 1. The third-order valence-electron chi connectivity index (χ3n) is 4.33. The van der Waals surface area contributed by atoms with E-state index in [0.29, 0.717) is 12.5 Å². The highest BCUT2D eigenvalue weighted by molar-refractivity contribution is 5.80. The molecule has 1 saturated heterocycles. The maximum Gasteiger partial charge on any atom is 0.191 e. The molecule has 1 aliphatic rings. The summed E-state index contributed by atoms with van der Waals surface area (Å²) >= 11 is 0. The zero-order chi connectivity index (χ0) is 17.6. The predicted molar refractivity (Wildman–Crippen MR) is 98.7 cm³/mol. The van der Waals surface area contributed by atoms with E-state index in [0.717, 1.165) is 44.0 Å². The van der Waals surface area contributed by atoms with Crippen LogP contribution >= 0.6 is 0 Å². The van der Waals surface area contributed by atoms with Gasteiger partial charge >= 0.3 is 0 Å². The second-order valence-electron chi connectivity index (χ2n) is 7.64. The van der Waals surface area contributed by atoms with Crippen LogP contribution < -0.4 is 10.6 Å². The van der Waals surface area contributed by atoms with Crippen LogP contribution in [0.3, 0.4) is 0 Å². The summed E-state index contributed by atoms with van der Waals surface area (Å²) in [6.45, 7) is 10.1. The first kappa shape index (κ1) is 18.7. The normalized spacial score (nSPS) is 17.8. The molecule has 2 N–H and O–H groups in total. The lowest BCUT2D eigenvalue weighted by Gasteiger charge is -2.33. The van der Waals surface area contributed by atoms with Crippen molar-refractivity contribution in [1.29, 1.82) is 0 Å². The third-order valence-corrected chi connectivity index (χ3v) is 4.33. The van der Waals surface area contributed by atoms with Gasteiger partial charge in [0.05, 0.1) is 0 Å². The highest BCUT2D eigenvalue weighted by Gasteiger charge is 2.20. The van der Waals surface area contributed by atoms with E-state index >= 15 is 0 Å². The fourth-order valence-electron chi connectivity index (χ4n) is 2.99. The molecular formula is C19H31FN4. The largest absolute Gasteiger partial charge is 0.356 e. The summed E-state index contributed by atoms with van der Waals surface area (Å²) in [5.41, 5.74) is 0.800. The van der Waals surface area contributed by atoms with Crippen molar-refractivity contribution in [2.75, 3.05) is 26.7 Å². The van der Waals surface area contributed by atoms with Gasteiger partial charge in [-0.1, -0.05) is 18.2 Å². The molecule has 2 rings (SSSR count). The second kappa shape index (κ2) is 8.47. The Morgan fingerprint density at radius 3 is 2.50 bits per heavy atom. The fourth-order valence-corrected chi connectivity index (χ4v) is 2.99. The highest BCUT2D eigenvalue weighted by Crippen LogP contribution is 2.19. The first-order valence-corrected chi connectivity index (χ1v) is 8.82. The SMILES string of the molecule is CN=C(NCC1CCN(Cc2ccccc2F)CC1)NC(C)(C)C. The van der Waals surface area contributed by atoms with E-state index < -0.39 is 0 Å². The number of piperidine rings is 1. The van der Waals surface area contributed by atoms with Gasteiger partial charge in [0.15, 0.2) is 5.96 Å². The molecule has 0 atom stereocenters. The fraction of sp³-hybridized carbons (Fsp3) is 0.632. The van der Waals surface area contributed by atoms with Gasteiger partial charge in [-0.2, -0.15) is 0 Å². The quantitative estimate of drug-likeness (QED) is 0.657. The van der Waals surface area contributed by atoms with Crippen LogP contribution in [0.1, 0.15) is 39.2 Å². The zero-order valence-electron chi connectivity index (χ0n) is 15.4. The van der Waals surface area contributed by atoms with Crippen LogP contribution in [0.2, 0.25) is 0 Å². The topological polar surface area (TPSA) is 39.7 Å². The monoisotopic (exact) mass is 334 g/mol. The summed E-state index contributed by atoms with van der Waals surface area (Å²) in [5.74, 6) is 1.40. The number of likely N-dealkylation sites (tertiary alicyclic amines) is 1. The standard InChI is InChI=1S/C19H31FN4/c1-19(2,3)23-18(21-4)22-13-15-9-11-24(12-10-15)14-16-7-5-6-8-17(16)20/h5-8,15H,9-14H2,1-4H3,(H2,21,22,23). The summed E-state index contributed by atoms with van der Waals surface area (Å²) in [7, 11) is 1.80. The minimum atomic E-state index is -0.0988. The zero-order valence-corrected chi connectivity index (χ0v) is 15.4. The summed E-state index contributed by atoms with van der Waals surface area (Å²) in [6, 6.07) is 7.07. The van der Waals surface area contributed by atoms with Gasteiger partial charge in [0.1, 0.15) is 5.82 Å². The number of guanidine groups is 1. The number of nitrogens with zero attached hydrogens (tertiary/aromatic N) is 2. The summed E-state index contributed by atoms with van der Waals surface area (Å²) < 4.78 is 13.7. The molecule has 0 unspecified atom stereocenters. The molecule has 1 aliphatic heterocycles. The van der Waals surface area contributed by atoms with Crippen molar-refractivity contribution in [3.05, 3.63) is 35.6 Å². The number of benzene rings is 1. The van der Waals surface area contributed by atoms with Crippen LogP contribution in [-0.4, -0.2) is 43.1 Å². The molecule has 0 spiro atoms. The van der Waals surface area contributed by atoms with Crippen LogP contribution in [0.15, 0.2) is 29.3 Å². The van der Waals surface area contributed by atoms with Crippen molar-refractivity contribution in [2.24, 2.45) is 10.9 Å². The van der Waals surface area contributed by atoms with E-state index in [2.05, 4.69) is 41.3 Å². The number of hydrogen-bond acceptors (Lipinski definition) is 2. The Balaban J connectivity index is 1.74. The molecule has 1 aromatic carbocycles. The number of nitrogens with one attached hydrogen (secondary N) is 2. The molecule has 0 bridgehead atoms. The van der Waals surface area contributed by atoms with Gasteiger partial charge in [0, 0.05) is 31.2 Å². The lowest BCUT2D eigenvalue weighted by molar-refractivity contribution is 0.176. The van der Waals surface area contributed by atoms with E-state index in [4.69, 9.17) is 0 Å². The lowest BCUT2D eigenvalue weighted by Crippen LogP contribution is -2.49. The van der Waals surface area contributed by atoms with Crippen molar-refractivity contribution in [2.45, 2.75) is 45.7 Å². The molecule has 24 heavy (non-hydrogen) atoms. The molecule has 0 amide bonds. The van der Waals surface area contributed by atoms with Crippen LogP contribution in [0.5, 0.6) is 0 Å². The molecule has 134 valence electrons. The molecule has 0 aliphatic carbocycles. The molecule has 1 fully saturated rings. The van der Waals surface area contributed by atoms with Gasteiger partial charge in [-0.3, -0.25) is 9.89 Å². The molecule has 0 saturated carbocycles. The van der Waals surface area contributed by atoms with E-state index in [9.17, 15) is 4.39 Å². The lowest BCUT2D eigenvalue weighted by atomic mass is 9.96. The maximum absolute atomic E-state index is 13.7. The van der Waals surface area contributed by atoms with Crippen LogP contribution in [0.4, 0.5) is 4.39 Å². The maximum atomic E-state index is 13.7. The van der Waals surface area contributed by atoms with E-state index in [1.807, 2.05) is 12.1 Å². The van der Waals surface area contributed by atoms with Crippen molar-refractivity contribution in [3.8, 4) is 0 Å². The summed E-state index contributed by atoms with van der Waals surface area (Å²) in [5, 5.41) is 6.81. The van der Waals surface area contributed by atoms with E-state index in [-0.39, 0.29) is 11.4 Å². The predicted octanol–water partition coefficient (Wildman–Crippen LogP) is 3.00. The average Bonchev–Trinajstić information content (AvgIpc) is 2.54. The number of hydrogen-bond donors (Lipinski definition) is 2. The number of aliphatic imine (C=N–C) groups is 1. The van der Waals surface area contributed by atoms with Gasteiger partial charge in [-0.15, -0.1) is 0 Å². The van der Waals surface area contributed by atoms with Crippen molar-refractivity contribution < 1.29 is 4.39 Å². The Morgan fingerprint density at radius 1 is 1.25 bits per heavy atom.